The number of hydrogen-bond acceptors (Lipinski definition) is 3. The quantitative estimate of drug-likeness (QED) is 0.804. The highest BCUT2D eigenvalue weighted by Gasteiger charge is 2.16. The van der Waals surface area contributed by atoms with Crippen molar-refractivity contribution in [2.75, 3.05) is 12.4 Å². The third-order valence-corrected chi connectivity index (χ3v) is 2.39. The van der Waals surface area contributed by atoms with Crippen molar-refractivity contribution >= 4 is 11.7 Å². The Labute approximate surface area is 95.2 Å². The number of hydrogen-bond donors (Lipinski definition) is 2. The van der Waals surface area contributed by atoms with Gasteiger partial charge >= 0.3 is 5.97 Å². The Kier molecular flexibility index (Phi) is 4.17. The molecule has 0 saturated heterocycles. The van der Waals surface area contributed by atoms with Crippen molar-refractivity contribution in [2.24, 2.45) is 0 Å². The second kappa shape index (κ2) is 5.39. The number of aryl methyl sites for hydroxylation is 1. The molecule has 0 aromatic heterocycles. The first-order chi connectivity index (χ1) is 7.58. The minimum Gasteiger partial charge on any atom is -0.495 e. The molecule has 16 heavy (non-hydrogen) atoms. The minimum absolute atomic E-state index is 0.520. The van der Waals surface area contributed by atoms with Gasteiger partial charge < -0.3 is 15.2 Å². The molecular weight excluding hydrogens is 206 g/mol. The average Bonchev–Trinajstić information content (AvgIpc) is 2.26. The number of carboxylic acid groups (broad SMARTS) is 1. The van der Waals surface area contributed by atoms with Gasteiger partial charge in [-0.15, -0.1) is 0 Å². The Bertz CT molecular complexity index is 377. The number of aliphatic carboxylic acids is 1. The molecule has 0 heterocycles. The lowest BCUT2D eigenvalue weighted by atomic mass is 10.1. The van der Waals surface area contributed by atoms with E-state index in [1.165, 1.54) is 0 Å². The highest BCUT2D eigenvalue weighted by Crippen LogP contribution is 2.26. The van der Waals surface area contributed by atoms with Crippen molar-refractivity contribution < 1.29 is 14.6 Å². The molecule has 1 aromatic carbocycles. The lowest BCUT2D eigenvalue weighted by molar-refractivity contribution is -0.137. The molecule has 0 radical (unpaired) electrons. The number of benzene rings is 1. The van der Waals surface area contributed by atoms with Gasteiger partial charge in [-0.2, -0.15) is 0 Å². The molecule has 0 amide bonds. The zero-order valence-corrected chi connectivity index (χ0v) is 9.78. The van der Waals surface area contributed by atoms with Crippen LogP contribution >= 0.6 is 0 Å². The fraction of sp³-hybridized carbons (Fsp3) is 0.417. The predicted octanol–water partition coefficient (Wildman–Crippen LogP) is 2.28. The van der Waals surface area contributed by atoms with E-state index in [2.05, 4.69) is 5.32 Å². The normalized spacial score (nSPS) is 11.9. The SMILES string of the molecule is CCC(Nc1ccc(C)cc1OC)C(=O)O. The first kappa shape index (κ1) is 12.4. The van der Waals surface area contributed by atoms with E-state index in [1.807, 2.05) is 32.0 Å². The molecule has 0 aliphatic carbocycles. The van der Waals surface area contributed by atoms with Crippen molar-refractivity contribution in [1.82, 2.24) is 0 Å². The Hall–Kier alpha value is -1.71. The molecular formula is C12H17NO3. The van der Waals surface area contributed by atoms with Gasteiger partial charge in [-0.25, -0.2) is 4.79 Å². The predicted molar refractivity (Wildman–Crippen MR) is 63.1 cm³/mol. The van der Waals surface area contributed by atoms with E-state index in [4.69, 9.17) is 9.84 Å². The first-order valence-corrected chi connectivity index (χ1v) is 5.22. The molecule has 0 aliphatic rings. The van der Waals surface area contributed by atoms with E-state index in [0.717, 1.165) is 5.56 Å². The van der Waals surface area contributed by atoms with Crippen molar-refractivity contribution in [3.8, 4) is 5.75 Å². The second-order valence-electron chi connectivity index (χ2n) is 3.65. The van der Waals surface area contributed by atoms with Crippen molar-refractivity contribution in [3.63, 3.8) is 0 Å². The Morgan fingerprint density at radius 3 is 2.75 bits per heavy atom. The third-order valence-electron chi connectivity index (χ3n) is 2.39. The summed E-state index contributed by atoms with van der Waals surface area (Å²) < 4.78 is 5.20. The van der Waals surface area contributed by atoms with Crippen LogP contribution in [-0.4, -0.2) is 24.2 Å². The molecule has 4 heteroatoms. The molecule has 0 aliphatic heterocycles. The second-order valence-corrected chi connectivity index (χ2v) is 3.65. The van der Waals surface area contributed by atoms with Crippen LogP contribution < -0.4 is 10.1 Å². The van der Waals surface area contributed by atoms with E-state index in [0.29, 0.717) is 17.9 Å². The summed E-state index contributed by atoms with van der Waals surface area (Å²) >= 11 is 0. The number of methoxy groups -OCH3 is 1. The minimum atomic E-state index is -0.856. The number of carbonyl (C=O) groups is 1. The third kappa shape index (κ3) is 2.89. The van der Waals surface area contributed by atoms with E-state index in [-0.39, 0.29) is 0 Å². The Morgan fingerprint density at radius 2 is 2.25 bits per heavy atom. The molecule has 0 saturated carbocycles. The maximum Gasteiger partial charge on any atom is 0.326 e. The van der Waals surface area contributed by atoms with Crippen LogP contribution in [0.1, 0.15) is 18.9 Å². The van der Waals surface area contributed by atoms with Gasteiger partial charge in [0.15, 0.2) is 0 Å². The summed E-state index contributed by atoms with van der Waals surface area (Å²) in [5.74, 6) is -0.190. The van der Waals surface area contributed by atoms with Gasteiger partial charge in [0.1, 0.15) is 11.8 Å². The fourth-order valence-corrected chi connectivity index (χ4v) is 1.44. The van der Waals surface area contributed by atoms with Crippen molar-refractivity contribution in [3.05, 3.63) is 23.8 Å². The van der Waals surface area contributed by atoms with Crippen LogP contribution in [0.4, 0.5) is 5.69 Å². The van der Waals surface area contributed by atoms with Crippen LogP contribution in [0.3, 0.4) is 0 Å². The maximum atomic E-state index is 10.9. The van der Waals surface area contributed by atoms with E-state index >= 15 is 0 Å². The van der Waals surface area contributed by atoms with Gasteiger partial charge in [0, 0.05) is 0 Å². The summed E-state index contributed by atoms with van der Waals surface area (Å²) in [6.07, 6.45) is 0.520. The highest BCUT2D eigenvalue weighted by molar-refractivity contribution is 5.78. The molecule has 1 atom stereocenters. The zero-order chi connectivity index (χ0) is 12.1. The zero-order valence-electron chi connectivity index (χ0n) is 9.78. The van der Waals surface area contributed by atoms with Crippen LogP contribution in [0.25, 0.3) is 0 Å². The van der Waals surface area contributed by atoms with Crippen LogP contribution in [0.2, 0.25) is 0 Å². The number of nitrogens with one attached hydrogen (secondary N) is 1. The summed E-state index contributed by atoms with van der Waals surface area (Å²) in [6.45, 7) is 3.78. The summed E-state index contributed by atoms with van der Waals surface area (Å²) in [7, 11) is 1.57. The monoisotopic (exact) mass is 223 g/mol. The van der Waals surface area contributed by atoms with E-state index in [1.54, 1.807) is 7.11 Å². The summed E-state index contributed by atoms with van der Waals surface area (Å²) in [5.41, 5.74) is 1.79. The highest BCUT2D eigenvalue weighted by atomic mass is 16.5. The van der Waals surface area contributed by atoms with Gasteiger partial charge in [0.2, 0.25) is 0 Å². The van der Waals surface area contributed by atoms with E-state index < -0.39 is 12.0 Å². The smallest absolute Gasteiger partial charge is 0.326 e. The van der Waals surface area contributed by atoms with Crippen molar-refractivity contribution in [1.29, 1.82) is 0 Å². The number of ether oxygens (including phenoxy) is 1. The topological polar surface area (TPSA) is 58.6 Å². The van der Waals surface area contributed by atoms with Crippen LogP contribution in [0.5, 0.6) is 5.75 Å². The number of anilines is 1. The molecule has 0 spiro atoms. The average molecular weight is 223 g/mol. The Balaban J connectivity index is 2.91. The Morgan fingerprint density at radius 1 is 1.56 bits per heavy atom. The standard InChI is InChI=1S/C12H17NO3/c1-4-9(12(14)15)13-10-6-5-8(2)7-11(10)16-3/h5-7,9,13H,4H2,1-3H3,(H,14,15). The van der Waals surface area contributed by atoms with Crippen LogP contribution in [-0.2, 0) is 4.79 Å². The van der Waals surface area contributed by atoms with Gasteiger partial charge in [-0.3, -0.25) is 0 Å². The van der Waals surface area contributed by atoms with Crippen LogP contribution in [0, 0.1) is 6.92 Å². The summed E-state index contributed by atoms with van der Waals surface area (Å²) in [4.78, 5) is 10.9. The van der Waals surface area contributed by atoms with Crippen LogP contribution in [0.15, 0.2) is 18.2 Å². The lowest BCUT2D eigenvalue weighted by Gasteiger charge is -2.16. The maximum absolute atomic E-state index is 10.9. The molecule has 0 fully saturated rings. The first-order valence-electron chi connectivity index (χ1n) is 5.22. The molecule has 4 nitrogen and oxygen atoms in total. The molecule has 2 N–H and O–H groups in total. The van der Waals surface area contributed by atoms with Gasteiger partial charge in [-0.05, 0) is 31.0 Å². The van der Waals surface area contributed by atoms with Gasteiger partial charge in [0.25, 0.3) is 0 Å². The number of carboxylic acids is 1. The summed E-state index contributed by atoms with van der Waals surface area (Å²) in [6, 6.07) is 5.03. The molecule has 88 valence electrons. The van der Waals surface area contributed by atoms with Gasteiger partial charge in [-0.1, -0.05) is 13.0 Å². The van der Waals surface area contributed by atoms with E-state index in [9.17, 15) is 4.79 Å². The number of rotatable bonds is 5. The molecule has 0 bridgehead atoms. The molecule has 1 rings (SSSR count). The lowest BCUT2D eigenvalue weighted by Crippen LogP contribution is -2.28. The molecule has 1 aromatic rings. The fourth-order valence-electron chi connectivity index (χ4n) is 1.44. The molecule has 1 unspecified atom stereocenters. The largest absolute Gasteiger partial charge is 0.495 e. The summed E-state index contributed by atoms with van der Waals surface area (Å²) in [5, 5.41) is 11.9. The van der Waals surface area contributed by atoms with Gasteiger partial charge in [0.05, 0.1) is 12.8 Å². The van der Waals surface area contributed by atoms with Crippen molar-refractivity contribution in [2.45, 2.75) is 26.3 Å².